The second-order valence-electron chi connectivity index (χ2n) is 6.26. The predicted molar refractivity (Wildman–Crippen MR) is 113 cm³/mol. The molecule has 0 N–H and O–H groups in total. The Morgan fingerprint density at radius 3 is 2.53 bits per heavy atom. The van der Waals surface area contributed by atoms with Crippen molar-refractivity contribution in [1.29, 1.82) is 0 Å². The van der Waals surface area contributed by atoms with Gasteiger partial charge < -0.3 is 8.94 Å². The van der Waals surface area contributed by atoms with E-state index in [1.54, 1.807) is 18.4 Å². The SMILES string of the molecule is Clc1ccc(-c2noc(CSc3nnc(-c4ccco4)n3-c3ccccc3)n2)cc1. The molecule has 3 aromatic heterocycles. The minimum Gasteiger partial charge on any atom is -0.461 e. The second-order valence-corrected chi connectivity index (χ2v) is 7.64. The van der Waals surface area contributed by atoms with Crippen LogP contribution in [-0.2, 0) is 5.75 Å². The van der Waals surface area contributed by atoms with Crippen molar-refractivity contribution in [3.05, 3.63) is 83.9 Å². The van der Waals surface area contributed by atoms with Crippen molar-refractivity contribution >= 4 is 23.4 Å². The number of halogens is 1. The maximum absolute atomic E-state index is 5.94. The van der Waals surface area contributed by atoms with Crippen LogP contribution in [0.2, 0.25) is 5.02 Å². The molecular weight excluding hydrogens is 422 g/mol. The molecule has 3 heterocycles. The molecule has 0 amide bonds. The molecule has 5 rings (SSSR count). The minimum atomic E-state index is 0.448. The number of benzene rings is 2. The number of rotatable bonds is 6. The molecule has 0 unspecified atom stereocenters. The molecule has 0 aliphatic heterocycles. The zero-order valence-corrected chi connectivity index (χ0v) is 17.0. The van der Waals surface area contributed by atoms with Gasteiger partial charge in [0.1, 0.15) is 0 Å². The van der Waals surface area contributed by atoms with Crippen molar-refractivity contribution in [2.45, 2.75) is 10.9 Å². The third-order valence-corrected chi connectivity index (χ3v) is 5.45. The fourth-order valence-electron chi connectivity index (χ4n) is 2.89. The van der Waals surface area contributed by atoms with Crippen LogP contribution < -0.4 is 0 Å². The Morgan fingerprint density at radius 1 is 0.933 bits per heavy atom. The highest BCUT2D eigenvalue weighted by atomic mass is 35.5. The lowest BCUT2D eigenvalue weighted by atomic mass is 10.2. The number of aromatic nitrogens is 5. The summed E-state index contributed by atoms with van der Waals surface area (Å²) in [6.07, 6.45) is 1.61. The summed E-state index contributed by atoms with van der Waals surface area (Å²) < 4.78 is 12.9. The van der Waals surface area contributed by atoms with Crippen LogP contribution in [-0.4, -0.2) is 24.9 Å². The fourth-order valence-corrected chi connectivity index (χ4v) is 3.81. The Hall–Kier alpha value is -3.36. The number of furan rings is 1. The van der Waals surface area contributed by atoms with E-state index in [-0.39, 0.29) is 0 Å². The molecule has 0 aliphatic rings. The van der Waals surface area contributed by atoms with Crippen molar-refractivity contribution in [3.8, 4) is 28.7 Å². The standard InChI is InChI=1S/C21H14ClN5O2S/c22-15-10-8-14(9-11-15)19-23-18(29-26-19)13-30-21-25-24-20(17-7-4-12-28-17)27(21)16-5-2-1-3-6-16/h1-12H,13H2. The van der Waals surface area contributed by atoms with E-state index in [1.807, 2.05) is 59.2 Å². The summed E-state index contributed by atoms with van der Waals surface area (Å²) in [5, 5.41) is 14.1. The summed E-state index contributed by atoms with van der Waals surface area (Å²) in [6.45, 7) is 0. The molecule has 0 fully saturated rings. The molecule has 0 bridgehead atoms. The maximum Gasteiger partial charge on any atom is 0.237 e. The summed E-state index contributed by atoms with van der Waals surface area (Å²) in [7, 11) is 0. The van der Waals surface area contributed by atoms with E-state index in [2.05, 4.69) is 20.3 Å². The molecule has 5 aromatic rings. The van der Waals surface area contributed by atoms with E-state index in [0.717, 1.165) is 11.3 Å². The molecule has 2 aromatic carbocycles. The van der Waals surface area contributed by atoms with Crippen LogP contribution in [0.1, 0.15) is 5.89 Å². The van der Waals surface area contributed by atoms with E-state index < -0.39 is 0 Å². The zero-order chi connectivity index (χ0) is 20.3. The van der Waals surface area contributed by atoms with Crippen LogP contribution in [0, 0.1) is 0 Å². The number of hydrogen-bond acceptors (Lipinski definition) is 7. The first-order valence-electron chi connectivity index (χ1n) is 9.04. The quantitative estimate of drug-likeness (QED) is 0.324. The molecule has 7 nitrogen and oxygen atoms in total. The van der Waals surface area contributed by atoms with Gasteiger partial charge >= 0.3 is 0 Å². The lowest BCUT2D eigenvalue weighted by Gasteiger charge is -2.08. The first-order valence-corrected chi connectivity index (χ1v) is 10.4. The monoisotopic (exact) mass is 435 g/mol. The average Bonchev–Trinajstić information content (AvgIpc) is 3.53. The third kappa shape index (κ3) is 3.74. The highest BCUT2D eigenvalue weighted by Crippen LogP contribution is 2.30. The zero-order valence-electron chi connectivity index (χ0n) is 15.5. The molecule has 30 heavy (non-hydrogen) atoms. The summed E-state index contributed by atoms with van der Waals surface area (Å²) in [5.41, 5.74) is 1.77. The number of hydrogen-bond donors (Lipinski definition) is 0. The van der Waals surface area contributed by atoms with Crippen molar-refractivity contribution < 1.29 is 8.94 Å². The summed E-state index contributed by atoms with van der Waals surface area (Å²) in [6, 6.07) is 20.8. The topological polar surface area (TPSA) is 82.8 Å². The van der Waals surface area contributed by atoms with Crippen molar-refractivity contribution in [1.82, 2.24) is 24.9 Å². The van der Waals surface area contributed by atoms with Gasteiger partial charge in [-0.1, -0.05) is 46.7 Å². The number of para-hydroxylation sites is 1. The molecule has 0 aliphatic carbocycles. The summed E-state index contributed by atoms with van der Waals surface area (Å²) >= 11 is 7.39. The largest absolute Gasteiger partial charge is 0.461 e. The summed E-state index contributed by atoms with van der Waals surface area (Å²) in [5.74, 6) is 2.72. The van der Waals surface area contributed by atoms with Crippen LogP contribution in [0.5, 0.6) is 0 Å². The predicted octanol–water partition coefficient (Wildman–Crippen LogP) is 5.52. The van der Waals surface area contributed by atoms with Crippen LogP contribution in [0.25, 0.3) is 28.7 Å². The second kappa shape index (κ2) is 8.17. The average molecular weight is 436 g/mol. The van der Waals surface area contributed by atoms with Gasteiger partial charge in [-0.15, -0.1) is 10.2 Å². The van der Waals surface area contributed by atoms with Gasteiger partial charge in [0.25, 0.3) is 0 Å². The van der Waals surface area contributed by atoms with Crippen molar-refractivity contribution in [2.24, 2.45) is 0 Å². The van der Waals surface area contributed by atoms with Gasteiger partial charge in [-0.2, -0.15) is 4.98 Å². The van der Waals surface area contributed by atoms with Gasteiger partial charge in [0.15, 0.2) is 10.9 Å². The smallest absolute Gasteiger partial charge is 0.237 e. The molecule has 0 saturated carbocycles. The van der Waals surface area contributed by atoms with E-state index in [1.165, 1.54) is 11.8 Å². The van der Waals surface area contributed by atoms with Gasteiger partial charge in [0, 0.05) is 16.3 Å². The molecule has 0 saturated heterocycles. The van der Waals surface area contributed by atoms with E-state index >= 15 is 0 Å². The molecular formula is C21H14ClN5O2S. The Kier molecular flexibility index (Phi) is 5.08. The normalized spacial score (nSPS) is 11.1. The maximum atomic E-state index is 5.94. The Balaban J connectivity index is 1.41. The molecule has 9 heteroatoms. The highest BCUT2D eigenvalue weighted by Gasteiger charge is 2.19. The van der Waals surface area contributed by atoms with Crippen LogP contribution in [0.15, 0.2) is 87.1 Å². The number of thioether (sulfide) groups is 1. The van der Waals surface area contributed by atoms with Gasteiger partial charge in [0.05, 0.1) is 12.0 Å². The molecule has 148 valence electrons. The number of nitrogens with zero attached hydrogens (tertiary/aromatic N) is 5. The Labute approximate surface area is 180 Å². The van der Waals surface area contributed by atoms with Crippen LogP contribution in [0.3, 0.4) is 0 Å². The lowest BCUT2D eigenvalue weighted by Crippen LogP contribution is -1.99. The lowest BCUT2D eigenvalue weighted by molar-refractivity contribution is 0.391. The van der Waals surface area contributed by atoms with Crippen LogP contribution in [0.4, 0.5) is 0 Å². The minimum absolute atomic E-state index is 0.448. The molecule has 0 atom stereocenters. The van der Waals surface area contributed by atoms with Gasteiger partial charge in [-0.25, -0.2) is 0 Å². The summed E-state index contributed by atoms with van der Waals surface area (Å²) in [4.78, 5) is 4.47. The molecule has 0 spiro atoms. The van der Waals surface area contributed by atoms with Crippen LogP contribution >= 0.6 is 23.4 Å². The van der Waals surface area contributed by atoms with E-state index in [0.29, 0.717) is 39.2 Å². The third-order valence-electron chi connectivity index (χ3n) is 4.28. The van der Waals surface area contributed by atoms with Crippen molar-refractivity contribution in [3.63, 3.8) is 0 Å². The van der Waals surface area contributed by atoms with Crippen molar-refractivity contribution in [2.75, 3.05) is 0 Å². The highest BCUT2D eigenvalue weighted by molar-refractivity contribution is 7.98. The van der Waals surface area contributed by atoms with Gasteiger partial charge in [0.2, 0.25) is 17.5 Å². The fraction of sp³-hybridized carbons (Fsp3) is 0.0476. The van der Waals surface area contributed by atoms with Gasteiger partial charge in [-0.05, 0) is 48.5 Å². The first-order chi connectivity index (χ1) is 14.8. The Morgan fingerprint density at radius 2 is 1.77 bits per heavy atom. The van der Waals surface area contributed by atoms with E-state index in [4.69, 9.17) is 20.5 Å². The van der Waals surface area contributed by atoms with Gasteiger partial charge in [-0.3, -0.25) is 4.57 Å². The Bertz CT molecular complexity index is 1250. The van der Waals surface area contributed by atoms with E-state index in [9.17, 15) is 0 Å². The first kappa shape index (κ1) is 18.7. The molecule has 0 radical (unpaired) electrons.